The minimum Gasteiger partial charge on any atom is -0.309 e. The van der Waals surface area contributed by atoms with Crippen molar-refractivity contribution in [2.75, 3.05) is 0 Å². The lowest BCUT2D eigenvalue weighted by Crippen LogP contribution is -2.33. The average molecular weight is 588 g/mol. The summed E-state index contributed by atoms with van der Waals surface area (Å²) in [7, 11) is 0. The molecule has 0 radical (unpaired) electrons. The highest BCUT2D eigenvalue weighted by Gasteiger charge is 2.50. The summed E-state index contributed by atoms with van der Waals surface area (Å²) >= 11 is 1.90. The SMILES string of the molecule is c1ccc2c(c1)-c1ccc(-c3cccc4c3sc3ccccc34)cc1C21c2ccccc2-n2c3ccccc3c3cccc1c32. The molecule has 0 fully saturated rings. The molecular weight excluding hydrogens is 563 g/mol. The summed E-state index contributed by atoms with van der Waals surface area (Å²) in [5.74, 6) is 0. The third-order valence-corrected chi connectivity index (χ3v) is 11.6. The standard InChI is InChI=1S/C43H25NS/c1-4-17-34-28(11-1)29-24-23-26(27-14-9-16-33-31-13-3-8-22-40(31)45-42(27)33)25-37(29)43(34)35-18-5-7-21-39(35)44-38-20-6-2-12-30(38)32-15-10-19-36(43)41(32)44/h1-25H. The van der Waals surface area contributed by atoms with E-state index in [1.165, 1.54) is 92.2 Å². The molecule has 0 N–H and O–H groups in total. The molecule has 0 saturated heterocycles. The minimum atomic E-state index is -0.434. The Kier molecular flexibility index (Phi) is 4.46. The highest BCUT2D eigenvalue weighted by atomic mass is 32.1. The van der Waals surface area contributed by atoms with Crippen LogP contribution in [0.25, 0.3) is 69.9 Å². The van der Waals surface area contributed by atoms with Gasteiger partial charge in [0.15, 0.2) is 0 Å². The largest absolute Gasteiger partial charge is 0.309 e. The molecule has 0 amide bonds. The van der Waals surface area contributed by atoms with Crippen LogP contribution in [-0.2, 0) is 5.41 Å². The summed E-state index contributed by atoms with van der Waals surface area (Å²) in [6, 6.07) is 56.9. The van der Waals surface area contributed by atoms with Crippen molar-refractivity contribution in [1.82, 2.24) is 4.57 Å². The summed E-state index contributed by atoms with van der Waals surface area (Å²) in [6.45, 7) is 0. The predicted octanol–water partition coefficient (Wildman–Crippen LogP) is 11.5. The van der Waals surface area contributed by atoms with Gasteiger partial charge in [0, 0.05) is 30.9 Å². The maximum Gasteiger partial charge on any atom is 0.0754 e. The molecule has 45 heavy (non-hydrogen) atoms. The molecule has 2 aliphatic rings. The normalized spacial score (nSPS) is 16.1. The van der Waals surface area contributed by atoms with Crippen molar-refractivity contribution in [3.05, 3.63) is 174 Å². The van der Waals surface area contributed by atoms with Gasteiger partial charge in [-0.15, -0.1) is 11.3 Å². The fourth-order valence-electron chi connectivity index (χ4n) is 8.70. The van der Waals surface area contributed by atoms with Crippen LogP contribution in [0.15, 0.2) is 152 Å². The van der Waals surface area contributed by atoms with Crippen molar-refractivity contribution < 1.29 is 0 Å². The van der Waals surface area contributed by atoms with Crippen LogP contribution >= 0.6 is 11.3 Å². The van der Waals surface area contributed by atoms with Gasteiger partial charge in [0.2, 0.25) is 0 Å². The van der Waals surface area contributed by atoms with E-state index in [1.807, 2.05) is 11.3 Å². The van der Waals surface area contributed by atoms with Gasteiger partial charge in [0.25, 0.3) is 0 Å². The summed E-state index contributed by atoms with van der Waals surface area (Å²) in [6.07, 6.45) is 0. The third-order valence-electron chi connectivity index (χ3n) is 10.4. The van der Waals surface area contributed by atoms with Crippen LogP contribution in [0.2, 0.25) is 0 Å². The molecule has 1 atom stereocenters. The summed E-state index contributed by atoms with van der Waals surface area (Å²) < 4.78 is 5.21. The number of rotatable bonds is 1. The molecule has 2 aromatic heterocycles. The maximum absolute atomic E-state index is 2.52. The Morgan fingerprint density at radius 1 is 0.444 bits per heavy atom. The first-order chi connectivity index (χ1) is 22.3. The quantitative estimate of drug-likeness (QED) is 0.180. The molecule has 7 aromatic carbocycles. The zero-order valence-corrected chi connectivity index (χ0v) is 25.1. The number of aromatic nitrogens is 1. The van der Waals surface area contributed by atoms with Crippen molar-refractivity contribution in [3.63, 3.8) is 0 Å². The number of para-hydroxylation sites is 3. The molecule has 3 heterocycles. The molecule has 1 nitrogen and oxygen atoms in total. The first-order valence-electron chi connectivity index (χ1n) is 15.6. The topological polar surface area (TPSA) is 4.93 Å². The number of fused-ring (bicyclic) bond motifs is 15. The number of thiophene rings is 1. The second kappa shape index (κ2) is 8.38. The van der Waals surface area contributed by atoms with Gasteiger partial charge in [0.05, 0.1) is 22.1 Å². The van der Waals surface area contributed by atoms with E-state index in [0.29, 0.717) is 0 Å². The van der Waals surface area contributed by atoms with E-state index in [2.05, 4.69) is 156 Å². The van der Waals surface area contributed by atoms with Gasteiger partial charge in [-0.3, -0.25) is 0 Å². The van der Waals surface area contributed by atoms with E-state index in [4.69, 9.17) is 0 Å². The summed E-state index contributed by atoms with van der Waals surface area (Å²) in [5.41, 5.74) is 14.1. The predicted molar refractivity (Wildman–Crippen MR) is 190 cm³/mol. The van der Waals surface area contributed by atoms with E-state index in [9.17, 15) is 0 Å². The second-order valence-corrected chi connectivity index (χ2v) is 13.5. The highest BCUT2D eigenvalue weighted by molar-refractivity contribution is 7.26. The molecule has 1 aliphatic carbocycles. The number of benzene rings is 7. The summed E-state index contributed by atoms with van der Waals surface area (Å²) in [4.78, 5) is 0. The van der Waals surface area contributed by atoms with Crippen molar-refractivity contribution in [2.45, 2.75) is 5.41 Å². The highest BCUT2D eigenvalue weighted by Crippen LogP contribution is 2.61. The van der Waals surface area contributed by atoms with Gasteiger partial charge in [-0.2, -0.15) is 0 Å². The van der Waals surface area contributed by atoms with E-state index in [-0.39, 0.29) is 0 Å². The fourth-order valence-corrected chi connectivity index (χ4v) is 9.94. The molecule has 0 bridgehead atoms. The zero-order valence-electron chi connectivity index (χ0n) is 24.3. The molecular formula is C43H25NS. The molecule has 0 saturated carbocycles. The molecule has 1 spiro atoms. The molecule has 11 rings (SSSR count). The monoisotopic (exact) mass is 587 g/mol. The number of nitrogens with zero attached hydrogens (tertiary/aromatic N) is 1. The third kappa shape index (κ3) is 2.80. The number of hydrogen-bond acceptors (Lipinski definition) is 1. The van der Waals surface area contributed by atoms with Crippen molar-refractivity contribution >= 4 is 53.3 Å². The Hall–Kier alpha value is -5.44. The van der Waals surface area contributed by atoms with Crippen LogP contribution in [0.1, 0.15) is 22.3 Å². The van der Waals surface area contributed by atoms with Crippen LogP contribution in [0, 0.1) is 0 Å². The lowest BCUT2D eigenvalue weighted by molar-refractivity contribution is 0.749. The van der Waals surface area contributed by atoms with Crippen LogP contribution in [0.3, 0.4) is 0 Å². The molecule has 9 aromatic rings. The molecule has 208 valence electrons. The molecule has 1 aliphatic heterocycles. The Balaban J connectivity index is 1.30. The average Bonchev–Trinajstić information content (AvgIpc) is 3.75. The first kappa shape index (κ1) is 23.9. The lowest BCUT2D eigenvalue weighted by atomic mass is 9.65. The zero-order chi connectivity index (χ0) is 29.3. The smallest absolute Gasteiger partial charge is 0.0754 e. The second-order valence-electron chi connectivity index (χ2n) is 12.4. The van der Waals surface area contributed by atoms with Crippen LogP contribution in [0.4, 0.5) is 0 Å². The van der Waals surface area contributed by atoms with Crippen molar-refractivity contribution in [3.8, 4) is 27.9 Å². The molecule has 1 unspecified atom stereocenters. The van der Waals surface area contributed by atoms with Crippen molar-refractivity contribution in [1.29, 1.82) is 0 Å². The lowest BCUT2D eigenvalue weighted by Gasteiger charge is -2.39. The minimum absolute atomic E-state index is 0.434. The molecule has 2 heteroatoms. The van der Waals surface area contributed by atoms with Gasteiger partial charge in [-0.05, 0) is 68.8 Å². The van der Waals surface area contributed by atoms with Gasteiger partial charge in [-0.1, -0.05) is 127 Å². The van der Waals surface area contributed by atoms with Crippen molar-refractivity contribution in [2.24, 2.45) is 0 Å². The Bertz CT molecular complexity index is 2720. The number of hydrogen-bond donors (Lipinski definition) is 0. The Labute approximate surface area is 264 Å². The van der Waals surface area contributed by atoms with Crippen LogP contribution < -0.4 is 0 Å². The van der Waals surface area contributed by atoms with Gasteiger partial charge in [-0.25, -0.2) is 0 Å². The van der Waals surface area contributed by atoms with E-state index in [0.717, 1.165) is 0 Å². The van der Waals surface area contributed by atoms with Gasteiger partial charge in [0.1, 0.15) is 0 Å². The maximum atomic E-state index is 2.52. The van der Waals surface area contributed by atoms with E-state index >= 15 is 0 Å². The first-order valence-corrected chi connectivity index (χ1v) is 16.4. The van der Waals surface area contributed by atoms with Crippen LogP contribution in [0.5, 0.6) is 0 Å². The van der Waals surface area contributed by atoms with Crippen LogP contribution in [-0.4, -0.2) is 4.57 Å². The summed E-state index contributed by atoms with van der Waals surface area (Å²) in [5, 5.41) is 5.29. The Morgan fingerprint density at radius 2 is 1.11 bits per heavy atom. The Morgan fingerprint density at radius 3 is 2.07 bits per heavy atom. The van der Waals surface area contributed by atoms with E-state index < -0.39 is 5.41 Å². The van der Waals surface area contributed by atoms with E-state index in [1.54, 1.807) is 0 Å². The van der Waals surface area contributed by atoms with Gasteiger partial charge >= 0.3 is 0 Å². The van der Waals surface area contributed by atoms with Gasteiger partial charge < -0.3 is 4.57 Å². The fraction of sp³-hybridized carbons (Fsp3) is 0.0233.